The molecule has 0 saturated heterocycles. The molecule has 0 amide bonds. The smallest absolute Gasteiger partial charge is 0.127 e. The van der Waals surface area contributed by atoms with E-state index in [0.717, 1.165) is 22.6 Å². The average Bonchev–Trinajstić information content (AvgIpc) is 2.38. The lowest BCUT2D eigenvalue weighted by Gasteiger charge is -2.08. The van der Waals surface area contributed by atoms with E-state index in [2.05, 4.69) is 6.07 Å². The van der Waals surface area contributed by atoms with Gasteiger partial charge in [0.1, 0.15) is 11.5 Å². The molecule has 0 saturated carbocycles. The van der Waals surface area contributed by atoms with Crippen molar-refractivity contribution in [1.82, 2.24) is 0 Å². The molecule has 0 aliphatic carbocycles. The minimum atomic E-state index is 0.725. The number of benzene rings is 2. The first kappa shape index (κ1) is 10.6. The van der Waals surface area contributed by atoms with Crippen LogP contribution in [0.5, 0.6) is 11.5 Å². The molecule has 0 spiro atoms. The lowest BCUT2D eigenvalue weighted by atomic mass is 10.0. The van der Waals surface area contributed by atoms with Crippen molar-refractivity contribution in [3.05, 3.63) is 48.5 Å². The Kier molecular flexibility index (Phi) is 3.10. The Labute approximate surface area is 95.4 Å². The van der Waals surface area contributed by atoms with Crippen molar-refractivity contribution in [3.8, 4) is 22.6 Å². The summed E-state index contributed by atoms with van der Waals surface area (Å²) in [4.78, 5) is 0. The second-order valence-corrected chi connectivity index (χ2v) is 3.33. The van der Waals surface area contributed by atoms with Gasteiger partial charge in [-0.1, -0.05) is 30.3 Å². The molecule has 0 aliphatic heterocycles. The molecule has 0 unspecified atom stereocenters. The maximum atomic E-state index is 5.31. The summed E-state index contributed by atoms with van der Waals surface area (Å²) < 4.78 is 10.5. The molecule has 16 heavy (non-hydrogen) atoms. The highest BCUT2D eigenvalue weighted by atomic mass is 16.5. The van der Waals surface area contributed by atoms with Gasteiger partial charge in [0.2, 0.25) is 0 Å². The maximum Gasteiger partial charge on any atom is 0.127 e. The topological polar surface area (TPSA) is 18.5 Å². The van der Waals surface area contributed by atoms with E-state index in [0.29, 0.717) is 0 Å². The van der Waals surface area contributed by atoms with Crippen LogP contribution in [0.2, 0.25) is 0 Å². The summed E-state index contributed by atoms with van der Waals surface area (Å²) in [5, 5.41) is 0. The van der Waals surface area contributed by atoms with Crippen LogP contribution in [0.25, 0.3) is 11.1 Å². The van der Waals surface area contributed by atoms with E-state index >= 15 is 0 Å². The zero-order chi connectivity index (χ0) is 11.4. The van der Waals surface area contributed by atoms with Gasteiger partial charge in [-0.2, -0.15) is 0 Å². The van der Waals surface area contributed by atoms with Gasteiger partial charge in [-0.05, 0) is 17.7 Å². The molecule has 0 bridgehead atoms. The first-order chi connectivity index (χ1) is 7.85. The van der Waals surface area contributed by atoms with Crippen LogP contribution in [0.3, 0.4) is 0 Å². The molecule has 0 heterocycles. The summed E-state index contributed by atoms with van der Waals surface area (Å²) in [5.41, 5.74) is 1.99. The molecule has 81 valence electrons. The molecular formula is C14H13O2. The Morgan fingerprint density at radius 2 is 1.69 bits per heavy atom. The summed E-state index contributed by atoms with van der Waals surface area (Å²) in [5.74, 6) is 1.57. The molecule has 2 aromatic rings. The predicted molar refractivity (Wildman–Crippen MR) is 63.8 cm³/mol. The first-order valence-electron chi connectivity index (χ1n) is 5.05. The van der Waals surface area contributed by atoms with Crippen LogP contribution in [0, 0.1) is 6.07 Å². The third-order valence-electron chi connectivity index (χ3n) is 2.39. The summed E-state index contributed by atoms with van der Waals surface area (Å²) in [6, 6.07) is 16.8. The number of rotatable bonds is 3. The van der Waals surface area contributed by atoms with Crippen molar-refractivity contribution < 1.29 is 9.47 Å². The van der Waals surface area contributed by atoms with Crippen LogP contribution >= 0.6 is 0 Å². The van der Waals surface area contributed by atoms with Gasteiger partial charge < -0.3 is 9.47 Å². The number of para-hydroxylation sites is 1. The number of ether oxygens (including phenoxy) is 2. The van der Waals surface area contributed by atoms with Gasteiger partial charge in [-0.15, -0.1) is 0 Å². The highest BCUT2D eigenvalue weighted by Crippen LogP contribution is 2.30. The van der Waals surface area contributed by atoms with Crippen LogP contribution < -0.4 is 9.47 Å². The fourth-order valence-corrected chi connectivity index (χ4v) is 1.59. The molecule has 0 fully saturated rings. The van der Waals surface area contributed by atoms with Gasteiger partial charge in [0, 0.05) is 11.6 Å². The molecule has 0 N–H and O–H groups in total. The van der Waals surface area contributed by atoms with Crippen molar-refractivity contribution in [1.29, 1.82) is 0 Å². The average molecular weight is 213 g/mol. The van der Waals surface area contributed by atoms with Gasteiger partial charge in [-0.25, -0.2) is 0 Å². The molecule has 2 aromatic carbocycles. The van der Waals surface area contributed by atoms with Gasteiger partial charge in [0.05, 0.1) is 14.2 Å². The zero-order valence-electron chi connectivity index (χ0n) is 9.36. The summed E-state index contributed by atoms with van der Waals surface area (Å²) in [6.45, 7) is 0. The maximum absolute atomic E-state index is 5.31. The molecule has 1 radical (unpaired) electrons. The molecule has 0 aromatic heterocycles. The van der Waals surface area contributed by atoms with E-state index in [1.807, 2.05) is 42.5 Å². The van der Waals surface area contributed by atoms with Crippen LogP contribution in [0.15, 0.2) is 42.5 Å². The lowest BCUT2D eigenvalue weighted by Crippen LogP contribution is -1.88. The second-order valence-electron chi connectivity index (χ2n) is 3.33. The quantitative estimate of drug-likeness (QED) is 0.779. The molecule has 0 atom stereocenters. The lowest BCUT2D eigenvalue weighted by molar-refractivity contribution is 0.413. The van der Waals surface area contributed by atoms with Gasteiger partial charge >= 0.3 is 0 Å². The van der Waals surface area contributed by atoms with Gasteiger partial charge in [0.25, 0.3) is 0 Å². The number of methoxy groups -OCH3 is 2. The molecular weight excluding hydrogens is 200 g/mol. The predicted octanol–water partition coefficient (Wildman–Crippen LogP) is 3.17. The van der Waals surface area contributed by atoms with Crippen molar-refractivity contribution in [3.63, 3.8) is 0 Å². The van der Waals surface area contributed by atoms with E-state index < -0.39 is 0 Å². The van der Waals surface area contributed by atoms with Crippen molar-refractivity contribution in [2.24, 2.45) is 0 Å². The minimum Gasteiger partial charge on any atom is -0.496 e. The largest absolute Gasteiger partial charge is 0.496 e. The zero-order valence-corrected chi connectivity index (χ0v) is 9.36. The Hall–Kier alpha value is -1.96. The monoisotopic (exact) mass is 213 g/mol. The highest BCUT2D eigenvalue weighted by molar-refractivity contribution is 5.70. The summed E-state index contributed by atoms with van der Waals surface area (Å²) in [7, 11) is 3.30. The van der Waals surface area contributed by atoms with Crippen LogP contribution in [-0.4, -0.2) is 14.2 Å². The van der Waals surface area contributed by atoms with Crippen molar-refractivity contribution in [2.45, 2.75) is 0 Å². The molecule has 2 heteroatoms. The number of hydrogen-bond donors (Lipinski definition) is 0. The molecule has 2 nitrogen and oxygen atoms in total. The SMILES string of the molecule is COc1[c]c(-c2ccccc2OC)ccc1. The third-order valence-corrected chi connectivity index (χ3v) is 2.39. The Morgan fingerprint density at radius 3 is 2.44 bits per heavy atom. The van der Waals surface area contributed by atoms with E-state index in [-0.39, 0.29) is 0 Å². The standard InChI is InChI=1S/C14H13O2/c1-15-12-7-5-6-11(10-12)13-8-3-4-9-14(13)16-2/h3-9H,1-2H3. The van der Waals surface area contributed by atoms with Crippen molar-refractivity contribution in [2.75, 3.05) is 14.2 Å². The fraction of sp³-hybridized carbons (Fsp3) is 0.143. The van der Waals surface area contributed by atoms with Gasteiger partial charge in [-0.3, -0.25) is 0 Å². The first-order valence-corrected chi connectivity index (χ1v) is 5.05. The van der Waals surface area contributed by atoms with E-state index in [4.69, 9.17) is 9.47 Å². The van der Waals surface area contributed by atoms with Crippen LogP contribution in [0.1, 0.15) is 0 Å². The summed E-state index contributed by atoms with van der Waals surface area (Å²) in [6.07, 6.45) is 0. The second kappa shape index (κ2) is 4.71. The Morgan fingerprint density at radius 1 is 0.875 bits per heavy atom. The van der Waals surface area contributed by atoms with E-state index in [1.54, 1.807) is 14.2 Å². The number of hydrogen-bond acceptors (Lipinski definition) is 2. The molecule has 2 rings (SSSR count). The van der Waals surface area contributed by atoms with Crippen LogP contribution in [0.4, 0.5) is 0 Å². The minimum absolute atomic E-state index is 0.725. The normalized spacial score (nSPS) is 9.88. The van der Waals surface area contributed by atoms with Gasteiger partial charge in [0.15, 0.2) is 0 Å². The molecule has 0 aliphatic rings. The summed E-state index contributed by atoms with van der Waals surface area (Å²) >= 11 is 0. The van der Waals surface area contributed by atoms with E-state index in [1.165, 1.54) is 0 Å². The third kappa shape index (κ3) is 2.01. The Bertz CT molecular complexity index is 478. The Balaban J connectivity index is 2.49. The highest BCUT2D eigenvalue weighted by Gasteiger charge is 2.05. The van der Waals surface area contributed by atoms with Crippen LogP contribution in [-0.2, 0) is 0 Å². The fourth-order valence-electron chi connectivity index (χ4n) is 1.59. The van der Waals surface area contributed by atoms with E-state index in [9.17, 15) is 0 Å². The van der Waals surface area contributed by atoms with Crippen molar-refractivity contribution >= 4 is 0 Å².